The summed E-state index contributed by atoms with van der Waals surface area (Å²) < 4.78 is 5.77. The molecule has 2 aromatic carbocycles. The summed E-state index contributed by atoms with van der Waals surface area (Å²) in [5.74, 6) is 6.52. The van der Waals surface area contributed by atoms with E-state index < -0.39 is 0 Å². The van der Waals surface area contributed by atoms with Gasteiger partial charge in [0.05, 0.1) is 24.1 Å². The van der Waals surface area contributed by atoms with Crippen LogP contribution in [0, 0.1) is 11.8 Å². The van der Waals surface area contributed by atoms with E-state index in [1.54, 1.807) is 12.4 Å². The Labute approximate surface area is 173 Å². The molecule has 1 unspecified atom stereocenters. The predicted molar refractivity (Wildman–Crippen MR) is 116 cm³/mol. The Morgan fingerprint density at radius 1 is 1.21 bits per heavy atom. The van der Waals surface area contributed by atoms with E-state index in [1.807, 2.05) is 61.5 Å². The van der Waals surface area contributed by atoms with Crippen molar-refractivity contribution >= 4 is 29.1 Å². The normalized spacial score (nSPS) is 11.4. The lowest BCUT2D eigenvalue weighted by Gasteiger charge is -2.02. The molecule has 6 nitrogen and oxygen atoms in total. The second-order valence-corrected chi connectivity index (χ2v) is 7.08. The number of carbonyl (C=O) groups is 1. The summed E-state index contributed by atoms with van der Waals surface area (Å²) in [4.78, 5) is 16.0. The fourth-order valence-electron chi connectivity index (χ4n) is 2.30. The molecule has 0 saturated carbocycles. The lowest BCUT2D eigenvalue weighted by Crippen LogP contribution is -2.28. The van der Waals surface area contributed by atoms with Crippen molar-refractivity contribution in [1.82, 2.24) is 10.3 Å². The second kappa shape index (κ2) is 10.1. The quantitative estimate of drug-likeness (QED) is 0.366. The number of para-hydroxylation sites is 1. The Morgan fingerprint density at radius 3 is 2.69 bits per heavy atom. The summed E-state index contributed by atoms with van der Waals surface area (Å²) in [6, 6.07) is 17.1. The van der Waals surface area contributed by atoms with Crippen molar-refractivity contribution in [3.05, 3.63) is 71.2 Å². The van der Waals surface area contributed by atoms with Crippen LogP contribution in [-0.4, -0.2) is 23.1 Å². The summed E-state index contributed by atoms with van der Waals surface area (Å²) in [7, 11) is 0. The first kappa shape index (κ1) is 20.1. The zero-order valence-electron chi connectivity index (χ0n) is 16.0. The molecule has 0 radical (unpaired) electrons. The molecule has 0 aliphatic carbocycles. The minimum atomic E-state index is -0.218. The van der Waals surface area contributed by atoms with Crippen LogP contribution in [-0.2, 0) is 4.79 Å². The maximum absolute atomic E-state index is 11.0. The van der Waals surface area contributed by atoms with Gasteiger partial charge < -0.3 is 10.1 Å². The number of nitrogens with one attached hydrogen (secondary N) is 2. The van der Waals surface area contributed by atoms with Gasteiger partial charge in [-0.05, 0) is 48.9 Å². The smallest absolute Gasteiger partial charge is 0.279 e. The number of carbonyl (C=O) groups excluding carboxylic acids is 1. The highest BCUT2D eigenvalue weighted by molar-refractivity contribution is 7.13. The molecule has 0 bridgehead atoms. The van der Waals surface area contributed by atoms with Crippen molar-refractivity contribution in [2.75, 3.05) is 5.43 Å². The molecule has 0 spiro atoms. The highest BCUT2D eigenvalue weighted by Gasteiger charge is 2.04. The van der Waals surface area contributed by atoms with E-state index in [2.05, 4.69) is 32.7 Å². The van der Waals surface area contributed by atoms with Gasteiger partial charge in [0.2, 0.25) is 5.91 Å². The van der Waals surface area contributed by atoms with Gasteiger partial charge in [0.25, 0.3) is 5.19 Å². The van der Waals surface area contributed by atoms with Gasteiger partial charge in [-0.15, -0.1) is 0 Å². The number of hydrogen-bond donors (Lipinski definition) is 2. The van der Waals surface area contributed by atoms with Gasteiger partial charge in [0.1, 0.15) is 10.6 Å². The zero-order valence-corrected chi connectivity index (χ0v) is 16.9. The Bertz CT molecular complexity index is 1030. The minimum Gasteiger partial charge on any atom is -0.431 e. The zero-order chi connectivity index (χ0) is 20.5. The van der Waals surface area contributed by atoms with Crippen LogP contribution in [0.1, 0.15) is 24.3 Å². The summed E-state index contributed by atoms with van der Waals surface area (Å²) in [5.41, 5.74) is 4.85. The number of hydrogen-bond acceptors (Lipinski definition) is 6. The fraction of sp³-hybridized carbons (Fsp3) is 0.136. The Kier molecular flexibility index (Phi) is 6.98. The largest absolute Gasteiger partial charge is 0.431 e. The van der Waals surface area contributed by atoms with E-state index in [4.69, 9.17) is 4.74 Å². The predicted octanol–water partition coefficient (Wildman–Crippen LogP) is 4.26. The summed E-state index contributed by atoms with van der Waals surface area (Å²) in [5, 5.41) is 7.44. The molecule has 146 valence electrons. The van der Waals surface area contributed by atoms with Gasteiger partial charge in [0.15, 0.2) is 0 Å². The van der Waals surface area contributed by atoms with Crippen LogP contribution in [0.4, 0.5) is 5.69 Å². The number of benzene rings is 2. The lowest BCUT2D eigenvalue weighted by atomic mass is 10.2. The first-order valence-corrected chi connectivity index (χ1v) is 9.76. The third-order valence-electron chi connectivity index (χ3n) is 3.58. The van der Waals surface area contributed by atoms with Gasteiger partial charge in [-0.1, -0.05) is 41.4 Å². The van der Waals surface area contributed by atoms with Crippen molar-refractivity contribution < 1.29 is 9.53 Å². The molecule has 0 aliphatic heterocycles. The summed E-state index contributed by atoms with van der Waals surface area (Å²) >= 11 is 1.35. The first-order chi connectivity index (χ1) is 14.1. The molecule has 2 N–H and O–H groups in total. The van der Waals surface area contributed by atoms with Crippen LogP contribution in [0.25, 0.3) is 0 Å². The molecular formula is C22H20N4O2S. The molecule has 7 heteroatoms. The summed E-state index contributed by atoms with van der Waals surface area (Å²) in [6.07, 6.45) is 3.40. The monoisotopic (exact) mass is 404 g/mol. The van der Waals surface area contributed by atoms with Gasteiger partial charge in [0, 0.05) is 6.92 Å². The SMILES string of the molecule is CC(=O)NC(C)C#Cc1cnc(Oc2ccc(/C=N/Nc3ccccc3)cc2)s1. The molecule has 1 atom stereocenters. The third kappa shape index (κ3) is 6.79. The molecule has 1 amide bonds. The minimum absolute atomic E-state index is 0.107. The van der Waals surface area contributed by atoms with E-state index in [0.717, 1.165) is 16.1 Å². The lowest BCUT2D eigenvalue weighted by molar-refractivity contribution is -0.119. The van der Waals surface area contributed by atoms with E-state index in [9.17, 15) is 4.79 Å². The number of hydrazone groups is 1. The van der Waals surface area contributed by atoms with Crippen LogP contribution in [0.3, 0.4) is 0 Å². The number of anilines is 1. The van der Waals surface area contributed by atoms with Crippen molar-refractivity contribution in [1.29, 1.82) is 0 Å². The van der Waals surface area contributed by atoms with E-state index in [-0.39, 0.29) is 11.9 Å². The van der Waals surface area contributed by atoms with Gasteiger partial charge in [-0.25, -0.2) is 4.98 Å². The molecule has 29 heavy (non-hydrogen) atoms. The number of thiazole rings is 1. The Balaban J connectivity index is 1.54. The van der Waals surface area contributed by atoms with Crippen molar-refractivity contribution in [2.24, 2.45) is 5.10 Å². The number of nitrogens with zero attached hydrogens (tertiary/aromatic N) is 2. The molecule has 1 heterocycles. The number of amides is 1. The highest BCUT2D eigenvalue weighted by Crippen LogP contribution is 2.26. The van der Waals surface area contributed by atoms with Crippen molar-refractivity contribution in [2.45, 2.75) is 19.9 Å². The Morgan fingerprint density at radius 2 is 1.97 bits per heavy atom. The molecule has 0 fully saturated rings. The van der Waals surface area contributed by atoms with Gasteiger partial charge in [-0.3, -0.25) is 10.2 Å². The molecule has 3 rings (SSSR count). The fourth-order valence-corrected chi connectivity index (χ4v) is 2.95. The number of aromatic nitrogens is 1. The van der Waals surface area contributed by atoms with Crippen LogP contribution in [0.2, 0.25) is 0 Å². The van der Waals surface area contributed by atoms with Crippen molar-refractivity contribution in [3.63, 3.8) is 0 Å². The van der Waals surface area contributed by atoms with E-state index >= 15 is 0 Å². The standard InChI is InChI=1S/C22H20N4O2S/c1-16(25-17(2)27)8-13-21-15-23-22(29-21)28-20-11-9-18(10-12-20)14-24-26-19-6-4-3-5-7-19/h3-7,9-12,14-16,26H,1-2H3,(H,25,27)/b24-14+. The average Bonchev–Trinajstić information content (AvgIpc) is 3.15. The van der Waals surface area contributed by atoms with Crippen LogP contribution in [0.5, 0.6) is 10.9 Å². The highest BCUT2D eigenvalue weighted by atomic mass is 32.1. The number of ether oxygens (including phenoxy) is 1. The Hall–Kier alpha value is -3.63. The second-order valence-electron chi connectivity index (χ2n) is 6.09. The van der Waals surface area contributed by atoms with Gasteiger partial charge in [-0.2, -0.15) is 5.10 Å². The topological polar surface area (TPSA) is 75.6 Å². The number of rotatable bonds is 6. The molecular weight excluding hydrogens is 384 g/mol. The van der Waals surface area contributed by atoms with E-state index in [1.165, 1.54) is 18.3 Å². The maximum Gasteiger partial charge on any atom is 0.279 e. The molecule has 1 aromatic heterocycles. The van der Waals surface area contributed by atoms with Crippen molar-refractivity contribution in [3.8, 4) is 22.8 Å². The third-order valence-corrected chi connectivity index (χ3v) is 4.37. The molecule has 0 aliphatic rings. The average molecular weight is 404 g/mol. The van der Waals surface area contributed by atoms with Crippen LogP contribution in [0.15, 0.2) is 65.9 Å². The molecule has 3 aromatic rings. The van der Waals surface area contributed by atoms with Crippen LogP contribution >= 0.6 is 11.3 Å². The first-order valence-electron chi connectivity index (χ1n) is 8.95. The maximum atomic E-state index is 11.0. The van der Waals surface area contributed by atoms with Gasteiger partial charge >= 0.3 is 0 Å². The molecule has 0 saturated heterocycles. The van der Waals surface area contributed by atoms with Crippen LogP contribution < -0.4 is 15.5 Å². The summed E-state index contributed by atoms with van der Waals surface area (Å²) in [6.45, 7) is 3.29. The van der Waals surface area contributed by atoms with E-state index in [0.29, 0.717) is 10.9 Å².